The van der Waals surface area contributed by atoms with Crippen LogP contribution in [0.2, 0.25) is 5.02 Å². The Bertz CT molecular complexity index is 471. The van der Waals surface area contributed by atoms with Crippen LogP contribution >= 0.6 is 11.6 Å². The third-order valence-electron chi connectivity index (χ3n) is 3.44. The molecule has 1 fully saturated rings. The van der Waals surface area contributed by atoms with Gasteiger partial charge in [0.2, 0.25) is 5.91 Å². The maximum absolute atomic E-state index is 12.0. The molecule has 5 heteroatoms. The summed E-state index contributed by atoms with van der Waals surface area (Å²) >= 11 is 6.19. The third-order valence-corrected chi connectivity index (χ3v) is 3.74. The number of hydrogen-bond acceptors (Lipinski definition) is 3. The molecular formula is C15H21ClN2O2. The van der Waals surface area contributed by atoms with Gasteiger partial charge in [0, 0.05) is 39.4 Å². The van der Waals surface area contributed by atoms with E-state index in [1.54, 1.807) is 6.07 Å². The van der Waals surface area contributed by atoms with Crippen molar-refractivity contribution in [2.45, 2.75) is 19.3 Å². The monoisotopic (exact) mass is 296 g/mol. The summed E-state index contributed by atoms with van der Waals surface area (Å²) in [6.07, 6.45) is 2.61. The van der Waals surface area contributed by atoms with Crippen molar-refractivity contribution in [2.24, 2.45) is 5.92 Å². The lowest BCUT2D eigenvalue weighted by Crippen LogP contribution is -2.23. The topological polar surface area (TPSA) is 41.6 Å². The number of benzene rings is 1. The molecule has 0 aliphatic carbocycles. The number of rotatable bonds is 4. The van der Waals surface area contributed by atoms with Crippen LogP contribution in [-0.2, 0) is 9.53 Å². The zero-order valence-corrected chi connectivity index (χ0v) is 12.7. The molecular weight excluding hydrogens is 276 g/mol. The van der Waals surface area contributed by atoms with Crippen LogP contribution in [0.5, 0.6) is 0 Å². The molecule has 1 amide bonds. The predicted molar refractivity (Wildman–Crippen MR) is 82.6 cm³/mol. The number of nitrogens with zero attached hydrogens (tertiary/aromatic N) is 1. The molecule has 0 radical (unpaired) electrons. The number of carbonyl (C=O) groups is 1. The number of carbonyl (C=O) groups excluding carboxylic acids is 1. The number of nitrogens with one attached hydrogen (secondary N) is 1. The summed E-state index contributed by atoms with van der Waals surface area (Å²) in [4.78, 5) is 13.9. The molecule has 1 unspecified atom stereocenters. The Labute approximate surface area is 125 Å². The van der Waals surface area contributed by atoms with Crippen LogP contribution in [0.15, 0.2) is 18.2 Å². The van der Waals surface area contributed by atoms with Gasteiger partial charge < -0.3 is 15.0 Å². The van der Waals surface area contributed by atoms with Gasteiger partial charge in [0.1, 0.15) is 0 Å². The lowest BCUT2D eigenvalue weighted by molar-refractivity contribution is -0.118. The van der Waals surface area contributed by atoms with Crippen molar-refractivity contribution in [3.8, 4) is 0 Å². The van der Waals surface area contributed by atoms with Crippen LogP contribution < -0.4 is 10.2 Å². The minimum absolute atomic E-state index is 0.0224. The minimum Gasteiger partial charge on any atom is -0.381 e. The second-order valence-electron chi connectivity index (χ2n) is 5.40. The van der Waals surface area contributed by atoms with Crippen molar-refractivity contribution in [1.29, 1.82) is 0 Å². The molecule has 0 saturated carbocycles. The zero-order valence-electron chi connectivity index (χ0n) is 12.0. The Morgan fingerprint density at radius 2 is 2.30 bits per heavy atom. The van der Waals surface area contributed by atoms with Crippen molar-refractivity contribution < 1.29 is 9.53 Å². The first-order valence-corrected chi connectivity index (χ1v) is 7.28. The van der Waals surface area contributed by atoms with Gasteiger partial charge in [0.25, 0.3) is 0 Å². The van der Waals surface area contributed by atoms with Gasteiger partial charge in [-0.25, -0.2) is 0 Å². The second kappa shape index (κ2) is 6.95. The highest BCUT2D eigenvalue weighted by atomic mass is 35.5. The van der Waals surface area contributed by atoms with Gasteiger partial charge in [-0.3, -0.25) is 4.79 Å². The molecule has 4 nitrogen and oxygen atoms in total. The summed E-state index contributed by atoms with van der Waals surface area (Å²) in [5.74, 6) is 0.356. The summed E-state index contributed by atoms with van der Waals surface area (Å²) in [5, 5.41) is 3.53. The van der Waals surface area contributed by atoms with Gasteiger partial charge in [-0.05, 0) is 37.0 Å². The molecule has 0 aromatic heterocycles. The van der Waals surface area contributed by atoms with Gasteiger partial charge in [-0.2, -0.15) is 0 Å². The smallest absolute Gasteiger partial charge is 0.224 e. The lowest BCUT2D eigenvalue weighted by atomic mass is 9.98. The Balaban J connectivity index is 1.92. The fourth-order valence-corrected chi connectivity index (χ4v) is 2.74. The van der Waals surface area contributed by atoms with E-state index < -0.39 is 0 Å². The van der Waals surface area contributed by atoms with Gasteiger partial charge in [-0.15, -0.1) is 0 Å². The molecule has 2 rings (SSSR count). The molecule has 1 N–H and O–H groups in total. The van der Waals surface area contributed by atoms with Crippen LogP contribution in [0.4, 0.5) is 11.4 Å². The number of hydrogen-bond donors (Lipinski definition) is 1. The Morgan fingerprint density at radius 3 is 2.90 bits per heavy atom. The molecule has 1 aromatic rings. The van der Waals surface area contributed by atoms with E-state index in [9.17, 15) is 4.79 Å². The number of anilines is 2. The lowest BCUT2D eigenvalue weighted by Gasteiger charge is -2.21. The van der Waals surface area contributed by atoms with Crippen molar-refractivity contribution in [3.05, 3.63) is 23.2 Å². The molecule has 1 atom stereocenters. The first-order chi connectivity index (χ1) is 9.56. The molecule has 1 aromatic carbocycles. The molecule has 1 aliphatic heterocycles. The van der Waals surface area contributed by atoms with E-state index in [0.717, 1.165) is 30.8 Å². The average molecular weight is 297 g/mol. The predicted octanol–water partition coefficient (Wildman–Crippen LogP) is 3.16. The van der Waals surface area contributed by atoms with Gasteiger partial charge in [0.15, 0.2) is 0 Å². The summed E-state index contributed by atoms with van der Waals surface area (Å²) in [7, 11) is 3.87. The minimum atomic E-state index is 0.0224. The van der Waals surface area contributed by atoms with Gasteiger partial charge in [0.05, 0.1) is 10.7 Å². The van der Waals surface area contributed by atoms with Crippen LogP contribution in [0.25, 0.3) is 0 Å². The van der Waals surface area contributed by atoms with Gasteiger partial charge in [-0.1, -0.05) is 11.6 Å². The standard InChI is InChI=1S/C15H21ClN2O2/c1-18(2)14-6-5-12(9-13(14)16)17-15(19)8-11-4-3-7-20-10-11/h5-6,9,11H,3-4,7-8,10H2,1-2H3,(H,17,19). The highest BCUT2D eigenvalue weighted by Crippen LogP contribution is 2.27. The van der Waals surface area contributed by atoms with Crippen LogP contribution in [0, 0.1) is 5.92 Å². The van der Waals surface area contributed by atoms with E-state index in [0.29, 0.717) is 24.0 Å². The molecule has 1 saturated heterocycles. The normalized spacial score (nSPS) is 18.6. The Kier molecular flexibility index (Phi) is 5.26. The Hall–Kier alpha value is -1.26. The van der Waals surface area contributed by atoms with Crippen LogP contribution in [0.3, 0.4) is 0 Å². The molecule has 110 valence electrons. The van der Waals surface area contributed by atoms with E-state index >= 15 is 0 Å². The second-order valence-corrected chi connectivity index (χ2v) is 5.80. The van der Waals surface area contributed by atoms with Crippen molar-refractivity contribution in [1.82, 2.24) is 0 Å². The summed E-state index contributed by atoms with van der Waals surface area (Å²) in [6.45, 7) is 1.51. The molecule has 1 heterocycles. The fraction of sp³-hybridized carbons (Fsp3) is 0.533. The van der Waals surface area contributed by atoms with E-state index in [2.05, 4.69) is 5.32 Å². The Morgan fingerprint density at radius 1 is 1.50 bits per heavy atom. The fourth-order valence-electron chi connectivity index (χ4n) is 2.39. The SMILES string of the molecule is CN(C)c1ccc(NC(=O)CC2CCCOC2)cc1Cl. The maximum atomic E-state index is 12.0. The first-order valence-electron chi connectivity index (χ1n) is 6.90. The van der Waals surface area contributed by atoms with Gasteiger partial charge >= 0.3 is 0 Å². The molecule has 20 heavy (non-hydrogen) atoms. The zero-order chi connectivity index (χ0) is 14.5. The van der Waals surface area contributed by atoms with E-state index in [1.807, 2.05) is 31.1 Å². The largest absolute Gasteiger partial charge is 0.381 e. The summed E-state index contributed by atoms with van der Waals surface area (Å²) in [5.41, 5.74) is 1.67. The van der Waals surface area contributed by atoms with E-state index in [1.165, 1.54) is 0 Å². The van der Waals surface area contributed by atoms with E-state index in [4.69, 9.17) is 16.3 Å². The molecule has 0 spiro atoms. The summed E-state index contributed by atoms with van der Waals surface area (Å²) < 4.78 is 5.39. The molecule has 1 aliphatic rings. The average Bonchev–Trinajstić information content (AvgIpc) is 2.39. The number of amides is 1. The molecule has 0 bridgehead atoms. The van der Waals surface area contributed by atoms with Crippen LogP contribution in [0.1, 0.15) is 19.3 Å². The quantitative estimate of drug-likeness (QED) is 0.928. The maximum Gasteiger partial charge on any atom is 0.224 e. The highest BCUT2D eigenvalue weighted by Gasteiger charge is 2.17. The highest BCUT2D eigenvalue weighted by molar-refractivity contribution is 6.33. The van der Waals surface area contributed by atoms with Crippen molar-refractivity contribution >= 4 is 28.9 Å². The van der Waals surface area contributed by atoms with Crippen LogP contribution in [-0.4, -0.2) is 33.2 Å². The van der Waals surface area contributed by atoms with Crippen molar-refractivity contribution in [2.75, 3.05) is 37.5 Å². The summed E-state index contributed by atoms with van der Waals surface area (Å²) in [6, 6.07) is 5.56. The number of ether oxygens (including phenoxy) is 1. The van der Waals surface area contributed by atoms with Crippen molar-refractivity contribution in [3.63, 3.8) is 0 Å². The first kappa shape index (κ1) is 15.1. The van der Waals surface area contributed by atoms with E-state index in [-0.39, 0.29) is 5.91 Å². The number of halogens is 1. The third kappa shape index (κ3) is 4.12.